The van der Waals surface area contributed by atoms with Crippen LogP contribution in [0.3, 0.4) is 0 Å². The predicted molar refractivity (Wildman–Crippen MR) is 70.0 cm³/mol. The zero-order valence-corrected chi connectivity index (χ0v) is 11.4. The SMILES string of the molecule is CCS(=O)CCNC(=O)c1ccccc1Br. The number of carbonyl (C=O) groups excluding carboxylic acids is 1. The molecular formula is C11H14BrNO2S. The fraction of sp³-hybridized carbons (Fsp3) is 0.364. The first-order valence-corrected chi connectivity index (χ1v) is 7.31. The largest absolute Gasteiger partial charge is 0.351 e. The van der Waals surface area contributed by atoms with Crippen LogP contribution >= 0.6 is 15.9 Å². The summed E-state index contributed by atoms with van der Waals surface area (Å²) in [7, 11) is -0.832. The van der Waals surface area contributed by atoms with E-state index in [1.54, 1.807) is 6.07 Å². The molecule has 0 bridgehead atoms. The van der Waals surface area contributed by atoms with Crippen LogP contribution in [0.15, 0.2) is 28.7 Å². The Labute approximate surface area is 106 Å². The van der Waals surface area contributed by atoms with Crippen molar-refractivity contribution in [1.29, 1.82) is 0 Å². The Hall–Kier alpha value is -0.680. The molecule has 3 nitrogen and oxygen atoms in total. The maximum Gasteiger partial charge on any atom is 0.252 e. The molecule has 1 aromatic carbocycles. The van der Waals surface area contributed by atoms with Crippen LogP contribution in [0.2, 0.25) is 0 Å². The summed E-state index contributed by atoms with van der Waals surface area (Å²) in [6.07, 6.45) is 0. The van der Waals surface area contributed by atoms with Crippen LogP contribution in [0, 0.1) is 0 Å². The van der Waals surface area contributed by atoms with Gasteiger partial charge >= 0.3 is 0 Å². The minimum Gasteiger partial charge on any atom is -0.351 e. The molecule has 0 radical (unpaired) electrons. The van der Waals surface area contributed by atoms with E-state index in [9.17, 15) is 9.00 Å². The van der Waals surface area contributed by atoms with Crippen molar-refractivity contribution in [2.24, 2.45) is 0 Å². The van der Waals surface area contributed by atoms with E-state index in [0.717, 1.165) is 4.47 Å². The van der Waals surface area contributed by atoms with E-state index in [0.29, 0.717) is 23.6 Å². The Morgan fingerprint density at radius 2 is 2.12 bits per heavy atom. The van der Waals surface area contributed by atoms with Crippen LogP contribution in [0.5, 0.6) is 0 Å². The van der Waals surface area contributed by atoms with Gasteiger partial charge in [0, 0.05) is 33.3 Å². The molecule has 0 spiro atoms. The molecule has 0 aliphatic heterocycles. The minimum atomic E-state index is -0.832. The normalized spacial score (nSPS) is 12.1. The summed E-state index contributed by atoms with van der Waals surface area (Å²) >= 11 is 3.31. The second kappa shape index (κ2) is 6.81. The summed E-state index contributed by atoms with van der Waals surface area (Å²) < 4.78 is 11.9. The molecule has 1 aromatic rings. The van der Waals surface area contributed by atoms with Gasteiger partial charge in [0.2, 0.25) is 0 Å². The summed E-state index contributed by atoms with van der Waals surface area (Å²) in [5.41, 5.74) is 0.602. The minimum absolute atomic E-state index is 0.138. The highest BCUT2D eigenvalue weighted by Crippen LogP contribution is 2.15. The number of rotatable bonds is 5. The molecule has 0 heterocycles. The van der Waals surface area contributed by atoms with Crippen LogP contribution in [0.25, 0.3) is 0 Å². The van der Waals surface area contributed by atoms with Crippen LogP contribution < -0.4 is 5.32 Å². The van der Waals surface area contributed by atoms with Gasteiger partial charge in [-0.2, -0.15) is 0 Å². The molecule has 88 valence electrons. The average molecular weight is 304 g/mol. The van der Waals surface area contributed by atoms with Crippen molar-refractivity contribution in [2.45, 2.75) is 6.92 Å². The third-order valence-corrected chi connectivity index (χ3v) is 4.05. The number of carbonyl (C=O) groups is 1. The molecule has 1 atom stereocenters. The highest BCUT2D eigenvalue weighted by molar-refractivity contribution is 9.10. The second-order valence-corrected chi connectivity index (χ2v) is 5.89. The third kappa shape index (κ3) is 4.06. The number of hydrogen-bond acceptors (Lipinski definition) is 2. The summed E-state index contributed by atoms with van der Waals surface area (Å²) in [5.74, 6) is 0.998. The second-order valence-electron chi connectivity index (χ2n) is 3.17. The first-order valence-electron chi connectivity index (χ1n) is 5.03. The van der Waals surface area contributed by atoms with E-state index >= 15 is 0 Å². The van der Waals surface area contributed by atoms with E-state index in [1.807, 2.05) is 25.1 Å². The zero-order valence-electron chi connectivity index (χ0n) is 9.03. The smallest absolute Gasteiger partial charge is 0.252 e. The van der Waals surface area contributed by atoms with Crippen molar-refractivity contribution in [1.82, 2.24) is 5.32 Å². The number of nitrogens with one attached hydrogen (secondary N) is 1. The first-order chi connectivity index (χ1) is 7.65. The molecule has 1 unspecified atom stereocenters. The van der Waals surface area contributed by atoms with Crippen LogP contribution in [0.4, 0.5) is 0 Å². The van der Waals surface area contributed by atoms with Gasteiger partial charge in [-0.1, -0.05) is 19.1 Å². The predicted octanol–water partition coefficient (Wildman–Crippen LogP) is 1.95. The summed E-state index contributed by atoms with van der Waals surface area (Å²) in [4.78, 5) is 11.7. The molecule has 1 amide bonds. The van der Waals surface area contributed by atoms with E-state index in [4.69, 9.17) is 0 Å². The first kappa shape index (κ1) is 13.4. The molecule has 0 aromatic heterocycles. The van der Waals surface area contributed by atoms with Gasteiger partial charge in [-0.15, -0.1) is 0 Å². The van der Waals surface area contributed by atoms with Gasteiger partial charge in [0.25, 0.3) is 5.91 Å². The van der Waals surface area contributed by atoms with E-state index in [-0.39, 0.29) is 5.91 Å². The van der Waals surface area contributed by atoms with Gasteiger partial charge in [0.15, 0.2) is 0 Å². The molecule has 1 rings (SSSR count). The Morgan fingerprint density at radius 1 is 1.44 bits per heavy atom. The Kier molecular flexibility index (Phi) is 5.69. The fourth-order valence-electron chi connectivity index (χ4n) is 1.16. The van der Waals surface area contributed by atoms with E-state index in [1.165, 1.54) is 0 Å². The Bertz CT molecular complexity index is 395. The van der Waals surface area contributed by atoms with Gasteiger partial charge in [-0.25, -0.2) is 0 Å². The maximum absolute atomic E-state index is 11.7. The molecule has 5 heteroatoms. The topological polar surface area (TPSA) is 46.2 Å². The summed E-state index contributed by atoms with van der Waals surface area (Å²) in [6, 6.07) is 7.23. The molecule has 0 aliphatic rings. The quantitative estimate of drug-likeness (QED) is 0.904. The highest BCUT2D eigenvalue weighted by Gasteiger charge is 2.08. The van der Waals surface area contributed by atoms with Gasteiger partial charge in [-0.3, -0.25) is 9.00 Å². The molecule has 0 saturated carbocycles. The fourth-order valence-corrected chi connectivity index (χ4v) is 2.25. The monoisotopic (exact) mass is 303 g/mol. The molecule has 16 heavy (non-hydrogen) atoms. The van der Waals surface area contributed by atoms with Crippen LogP contribution in [-0.2, 0) is 10.8 Å². The van der Waals surface area contributed by atoms with Crippen molar-refractivity contribution in [3.63, 3.8) is 0 Å². The molecule has 1 N–H and O–H groups in total. The van der Waals surface area contributed by atoms with Crippen LogP contribution in [-0.4, -0.2) is 28.2 Å². The van der Waals surface area contributed by atoms with Gasteiger partial charge in [-0.05, 0) is 28.1 Å². The van der Waals surface area contributed by atoms with Gasteiger partial charge in [0.05, 0.1) is 5.56 Å². The van der Waals surface area contributed by atoms with Gasteiger partial charge < -0.3 is 5.32 Å². The molecular weight excluding hydrogens is 290 g/mol. The van der Waals surface area contributed by atoms with E-state index < -0.39 is 10.8 Å². The van der Waals surface area contributed by atoms with Crippen molar-refractivity contribution in [3.05, 3.63) is 34.3 Å². The van der Waals surface area contributed by atoms with Crippen molar-refractivity contribution in [2.75, 3.05) is 18.1 Å². The number of amides is 1. The highest BCUT2D eigenvalue weighted by atomic mass is 79.9. The average Bonchev–Trinajstić information content (AvgIpc) is 2.29. The summed E-state index contributed by atoms with van der Waals surface area (Å²) in [6.45, 7) is 2.31. The lowest BCUT2D eigenvalue weighted by Gasteiger charge is -2.05. The van der Waals surface area contributed by atoms with Crippen molar-refractivity contribution < 1.29 is 9.00 Å². The standard InChI is InChI=1S/C11H14BrNO2S/c1-2-16(15)8-7-13-11(14)9-5-3-4-6-10(9)12/h3-6H,2,7-8H2,1H3,(H,13,14). The lowest BCUT2D eigenvalue weighted by molar-refractivity contribution is 0.0955. The lowest BCUT2D eigenvalue weighted by atomic mass is 10.2. The van der Waals surface area contributed by atoms with Gasteiger partial charge in [0.1, 0.15) is 0 Å². The lowest BCUT2D eigenvalue weighted by Crippen LogP contribution is -2.28. The Morgan fingerprint density at radius 3 is 2.75 bits per heavy atom. The summed E-state index contributed by atoms with van der Waals surface area (Å²) in [5, 5.41) is 2.74. The van der Waals surface area contributed by atoms with Crippen molar-refractivity contribution in [3.8, 4) is 0 Å². The number of benzene rings is 1. The molecule has 0 fully saturated rings. The molecule has 0 aliphatic carbocycles. The third-order valence-electron chi connectivity index (χ3n) is 2.06. The zero-order chi connectivity index (χ0) is 12.0. The maximum atomic E-state index is 11.7. The van der Waals surface area contributed by atoms with E-state index in [2.05, 4.69) is 21.2 Å². The number of hydrogen-bond donors (Lipinski definition) is 1. The van der Waals surface area contributed by atoms with Crippen molar-refractivity contribution >= 4 is 32.6 Å². The van der Waals surface area contributed by atoms with Crippen LogP contribution in [0.1, 0.15) is 17.3 Å². The molecule has 0 saturated heterocycles. The Balaban J connectivity index is 2.47. The number of halogens is 1.